The van der Waals surface area contributed by atoms with E-state index in [0.717, 1.165) is 22.4 Å². The maximum absolute atomic E-state index is 13.0. The number of hydrogen-bond donors (Lipinski definition) is 1. The minimum absolute atomic E-state index is 0.0120. The van der Waals surface area contributed by atoms with Crippen LogP contribution in [0.5, 0.6) is 0 Å². The van der Waals surface area contributed by atoms with Crippen LogP contribution in [-0.2, 0) is 16.6 Å². The van der Waals surface area contributed by atoms with Gasteiger partial charge in [0.1, 0.15) is 0 Å². The van der Waals surface area contributed by atoms with Gasteiger partial charge in [-0.05, 0) is 47.9 Å². The standard InChI is InChI=1S/C24H18ClNO/c25-20-14-12-18(13-15-20)9-6-16-24(17-19-7-2-1-3-8-19)21-10-4-5-11-22(21)26-23(24)27/h1-5,7-8,10-15H,16-17H2,(H,26,27)/t24-/m0/s1. The quantitative estimate of drug-likeness (QED) is 0.629. The molecule has 0 unspecified atom stereocenters. The Bertz CT molecular complexity index is 1030. The van der Waals surface area contributed by atoms with Crippen molar-refractivity contribution in [2.45, 2.75) is 18.3 Å². The maximum Gasteiger partial charge on any atom is 0.236 e. The van der Waals surface area contributed by atoms with Gasteiger partial charge >= 0.3 is 0 Å². The first-order chi connectivity index (χ1) is 13.2. The monoisotopic (exact) mass is 371 g/mol. The topological polar surface area (TPSA) is 29.1 Å². The fourth-order valence-corrected chi connectivity index (χ4v) is 3.69. The van der Waals surface area contributed by atoms with Gasteiger partial charge in [-0.2, -0.15) is 0 Å². The molecule has 4 rings (SSSR count). The zero-order valence-electron chi connectivity index (χ0n) is 14.7. The van der Waals surface area contributed by atoms with Crippen LogP contribution in [0.2, 0.25) is 5.02 Å². The van der Waals surface area contributed by atoms with Gasteiger partial charge < -0.3 is 5.32 Å². The highest BCUT2D eigenvalue weighted by atomic mass is 35.5. The van der Waals surface area contributed by atoms with E-state index in [0.29, 0.717) is 17.9 Å². The normalized spacial score (nSPS) is 17.6. The lowest BCUT2D eigenvalue weighted by atomic mass is 9.74. The maximum atomic E-state index is 13.0. The van der Waals surface area contributed by atoms with Crippen molar-refractivity contribution >= 4 is 23.2 Å². The molecule has 27 heavy (non-hydrogen) atoms. The van der Waals surface area contributed by atoms with Gasteiger partial charge in [0.2, 0.25) is 5.91 Å². The Morgan fingerprint density at radius 2 is 1.59 bits per heavy atom. The molecule has 0 fully saturated rings. The molecular weight excluding hydrogens is 354 g/mol. The molecule has 1 atom stereocenters. The van der Waals surface area contributed by atoms with Gasteiger partial charge in [0, 0.05) is 22.7 Å². The van der Waals surface area contributed by atoms with Crippen LogP contribution in [0.3, 0.4) is 0 Å². The van der Waals surface area contributed by atoms with E-state index in [4.69, 9.17) is 11.6 Å². The van der Waals surface area contributed by atoms with E-state index in [1.165, 1.54) is 0 Å². The molecule has 1 amide bonds. The Hall–Kier alpha value is -3.02. The van der Waals surface area contributed by atoms with Crippen LogP contribution in [0.1, 0.15) is 23.1 Å². The molecule has 1 N–H and O–H groups in total. The summed E-state index contributed by atoms with van der Waals surface area (Å²) in [5, 5.41) is 3.73. The zero-order valence-corrected chi connectivity index (χ0v) is 15.5. The molecule has 0 aromatic heterocycles. The Labute approximate surface area is 164 Å². The molecular formula is C24H18ClNO. The molecule has 0 saturated heterocycles. The van der Waals surface area contributed by atoms with E-state index in [-0.39, 0.29) is 5.91 Å². The number of benzene rings is 3. The van der Waals surface area contributed by atoms with Gasteiger partial charge in [0.25, 0.3) is 0 Å². The van der Waals surface area contributed by atoms with Crippen LogP contribution >= 0.6 is 11.6 Å². The first kappa shape index (κ1) is 17.4. The van der Waals surface area contributed by atoms with Gasteiger partial charge in [0.15, 0.2) is 0 Å². The second kappa shape index (κ2) is 7.31. The van der Waals surface area contributed by atoms with Crippen molar-refractivity contribution in [3.8, 4) is 11.8 Å². The summed E-state index contributed by atoms with van der Waals surface area (Å²) in [5.74, 6) is 6.43. The largest absolute Gasteiger partial charge is 0.325 e. The molecule has 1 aliphatic rings. The molecule has 0 spiro atoms. The number of rotatable bonds is 3. The predicted molar refractivity (Wildman–Crippen MR) is 110 cm³/mol. The molecule has 0 bridgehead atoms. The molecule has 3 heteroatoms. The highest BCUT2D eigenvalue weighted by Gasteiger charge is 2.46. The number of halogens is 1. The molecule has 2 nitrogen and oxygen atoms in total. The average Bonchev–Trinajstić information content (AvgIpc) is 2.96. The summed E-state index contributed by atoms with van der Waals surface area (Å²) in [5.41, 5.74) is 3.23. The molecule has 132 valence electrons. The summed E-state index contributed by atoms with van der Waals surface area (Å²) in [6, 6.07) is 25.4. The summed E-state index contributed by atoms with van der Waals surface area (Å²) < 4.78 is 0. The lowest BCUT2D eigenvalue weighted by molar-refractivity contribution is -0.120. The van der Waals surface area contributed by atoms with Crippen LogP contribution in [0.25, 0.3) is 0 Å². The molecule has 0 radical (unpaired) electrons. The summed E-state index contributed by atoms with van der Waals surface area (Å²) in [6.07, 6.45) is 1.07. The first-order valence-electron chi connectivity index (χ1n) is 8.87. The van der Waals surface area contributed by atoms with E-state index in [1.54, 1.807) is 0 Å². The Morgan fingerprint density at radius 1 is 0.889 bits per heavy atom. The first-order valence-corrected chi connectivity index (χ1v) is 9.24. The smallest absolute Gasteiger partial charge is 0.236 e. The SMILES string of the molecule is O=C1Nc2ccccc2[C@]1(CC#Cc1ccc(Cl)cc1)Cc1ccccc1. The van der Waals surface area contributed by atoms with Crippen LogP contribution in [-0.4, -0.2) is 5.91 Å². The minimum atomic E-state index is -0.683. The molecule has 1 aliphatic heterocycles. The number of anilines is 1. The number of nitrogens with one attached hydrogen (secondary N) is 1. The van der Waals surface area contributed by atoms with Crippen molar-refractivity contribution in [2.24, 2.45) is 0 Å². The van der Waals surface area contributed by atoms with E-state index < -0.39 is 5.41 Å². The van der Waals surface area contributed by atoms with Crippen molar-refractivity contribution in [3.63, 3.8) is 0 Å². The van der Waals surface area contributed by atoms with Crippen LogP contribution in [0, 0.1) is 11.8 Å². The van der Waals surface area contributed by atoms with E-state index in [1.807, 2.05) is 66.7 Å². The summed E-state index contributed by atoms with van der Waals surface area (Å²) in [7, 11) is 0. The average molecular weight is 372 g/mol. The predicted octanol–water partition coefficient (Wildman–Crippen LogP) is 5.21. The van der Waals surface area contributed by atoms with Crippen LogP contribution in [0.4, 0.5) is 5.69 Å². The van der Waals surface area contributed by atoms with Gasteiger partial charge in [-0.15, -0.1) is 0 Å². The number of fused-ring (bicyclic) bond motifs is 1. The van der Waals surface area contributed by atoms with E-state index in [9.17, 15) is 4.79 Å². The van der Waals surface area contributed by atoms with Gasteiger partial charge in [0.05, 0.1) is 5.41 Å². The van der Waals surface area contributed by atoms with Crippen molar-refractivity contribution in [2.75, 3.05) is 5.32 Å². The Balaban J connectivity index is 1.71. The fourth-order valence-electron chi connectivity index (χ4n) is 3.56. The molecule has 0 saturated carbocycles. The minimum Gasteiger partial charge on any atom is -0.325 e. The third-order valence-corrected chi connectivity index (χ3v) is 5.19. The summed E-state index contributed by atoms with van der Waals surface area (Å²) >= 11 is 5.94. The number of hydrogen-bond acceptors (Lipinski definition) is 1. The third-order valence-electron chi connectivity index (χ3n) is 4.94. The fraction of sp³-hybridized carbons (Fsp3) is 0.125. The Morgan fingerprint density at radius 3 is 2.37 bits per heavy atom. The van der Waals surface area contributed by atoms with Gasteiger partial charge in [-0.1, -0.05) is 72.0 Å². The van der Waals surface area contributed by atoms with Crippen molar-refractivity contribution in [1.82, 2.24) is 0 Å². The van der Waals surface area contributed by atoms with Crippen molar-refractivity contribution in [1.29, 1.82) is 0 Å². The molecule has 0 aliphatic carbocycles. The van der Waals surface area contributed by atoms with Crippen molar-refractivity contribution in [3.05, 3.63) is 101 Å². The van der Waals surface area contributed by atoms with Gasteiger partial charge in [-0.3, -0.25) is 4.79 Å². The molecule has 3 aromatic carbocycles. The number of amides is 1. The van der Waals surface area contributed by atoms with Crippen LogP contribution in [0.15, 0.2) is 78.9 Å². The number of para-hydroxylation sites is 1. The molecule has 1 heterocycles. The van der Waals surface area contributed by atoms with Crippen LogP contribution < -0.4 is 5.32 Å². The summed E-state index contributed by atoms with van der Waals surface area (Å²) in [6.45, 7) is 0. The lowest BCUT2D eigenvalue weighted by Crippen LogP contribution is -2.36. The van der Waals surface area contributed by atoms with Gasteiger partial charge in [-0.25, -0.2) is 0 Å². The third kappa shape index (κ3) is 3.47. The molecule has 3 aromatic rings. The highest BCUT2D eigenvalue weighted by molar-refractivity contribution is 6.30. The van der Waals surface area contributed by atoms with E-state index >= 15 is 0 Å². The highest BCUT2D eigenvalue weighted by Crippen LogP contribution is 2.42. The van der Waals surface area contributed by atoms with E-state index in [2.05, 4.69) is 29.3 Å². The Kier molecular flexibility index (Phi) is 4.71. The zero-order chi connectivity index (χ0) is 18.7. The number of carbonyl (C=O) groups is 1. The number of carbonyl (C=O) groups excluding carboxylic acids is 1. The summed E-state index contributed by atoms with van der Waals surface area (Å²) in [4.78, 5) is 13.0. The second-order valence-corrected chi connectivity index (χ2v) is 7.17. The second-order valence-electron chi connectivity index (χ2n) is 6.73. The van der Waals surface area contributed by atoms with Crippen molar-refractivity contribution < 1.29 is 4.79 Å². The lowest BCUT2D eigenvalue weighted by Gasteiger charge is -2.25.